The molecule has 0 amide bonds. The summed E-state index contributed by atoms with van der Waals surface area (Å²) in [6, 6.07) is 7.32. The number of hydrogen-bond donors (Lipinski definition) is 1. The Morgan fingerprint density at radius 1 is 1.13 bits per heavy atom. The molecular formula is C11H16O3S. The fraction of sp³-hybridized carbons (Fsp3) is 0.455. The van der Waals surface area contributed by atoms with E-state index in [1.165, 1.54) is 5.56 Å². The van der Waals surface area contributed by atoms with Crippen LogP contribution in [0.4, 0.5) is 0 Å². The molecule has 0 bridgehead atoms. The minimum absolute atomic E-state index is 0.305. The molecule has 0 saturated heterocycles. The van der Waals surface area contributed by atoms with Gasteiger partial charge in [-0.15, -0.1) is 0 Å². The van der Waals surface area contributed by atoms with E-state index in [2.05, 4.69) is 6.92 Å². The van der Waals surface area contributed by atoms with Gasteiger partial charge in [0.2, 0.25) is 0 Å². The molecule has 0 saturated carbocycles. The summed E-state index contributed by atoms with van der Waals surface area (Å²) in [4.78, 5) is 0. The van der Waals surface area contributed by atoms with Crippen LogP contribution in [0.25, 0.3) is 0 Å². The predicted octanol–water partition coefficient (Wildman–Crippen LogP) is 2.42. The van der Waals surface area contributed by atoms with Gasteiger partial charge in [0.1, 0.15) is 5.75 Å². The second-order valence-electron chi connectivity index (χ2n) is 3.65. The molecule has 0 radical (unpaired) electrons. The van der Waals surface area contributed by atoms with E-state index in [1.807, 2.05) is 12.1 Å². The monoisotopic (exact) mass is 228 g/mol. The average Bonchev–Trinajstić information content (AvgIpc) is 2.14. The molecule has 0 atom stereocenters. The van der Waals surface area contributed by atoms with Crippen LogP contribution in [0.2, 0.25) is 0 Å². The first-order chi connectivity index (χ1) is 7.01. The standard InChI is InChI=1S/C11H16O3S/c1-2-3-4-10-5-7-11(8-6-10)9-15(12,13)14/h5-8H,2-4,9H2,1H3,(H,12,13,14). The highest BCUT2D eigenvalue weighted by atomic mass is 32.2. The van der Waals surface area contributed by atoms with Crippen LogP contribution in [-0.2, 0) is 22.3 Å². The van der Waals surface area contributed by atoms with Crippen molar-refractivity contribution >= 4 is 10.1 Å². The van der Waals surface area contributed by atoms with Crippen molar-refractivity contribution in [2.75, 3.05) is 0 Å². The minimum atomic E-state index is -3.91. The zero-order chi connectivity index (χ0) is 11.3. The molecule has 4 heteroatoms. The Morgan fingerprint density at radius 3 is 2.13 bits per heavy atom. The summed E-state index contributed by atoms with van der Waals surface area (Å²) in [6.07, 6.45) is 3.30. The summed E-state index contributed by atoms with van der Waals surface area (Å²) in [5.41, 5.74) is 1.83. The molecule has 1 N–H and O–H groups in total. The SMILES string of the molecule is CCCCc1ccc(CS(=O)(=O)O)cc1. The molecular weight excluding hydrogens is 212 g/mol. The topological polar surface area (TPSA) is 54.4 Å². The quantitative estimate of drug-likeness (QED) is 0.787. The molecule has 1 rings (SSSR count). The maximum Gasteiger partial charge on any atom is 0.269 e. The summed E-state index contributed by atoms with van der Waals surface area (Å²) >= 11 is 0. The lowest BCUT2D eigenvalue weighted by Gasteiger charge is -2.02. The molecule has 0 spiro atoms. The molecule has 15 heavy (non-hydrogen) atoms. The summed E-state index contributed by atoms with van der Waals surface area (Å²) in [5.74, 6) is -0.305. The Hall–Kier alpha value is -0.870. The van der Waals surface area contributed by atoms with Crippen LogP contribution in [-0.4, -0.2) is 13.0 Å². The van der Waals surface area contributed by atoms with Crippen LogP contribution >= 0.6 is 0 Å². The van der Waals surface area contributed by atoms with Gasteiger partial charge in [-0.2, -0.15) is 8.42 Å². The maximum atomic E-state index is 10.6. The van der Waals surface area contributed by atoms with E-state index in [-0.39, 0.29) is 5.75 Å². The number of hydrogen-bond acceptors (Lipinski definition) is 2. The molecule has 1 aromatic carbocycles. The van der Waals surface area contributed by atoms with Gasteiger partial charge in [0.05, 0.1) is 0 Å². The van der Waals surface area contributed by atoms with Gasteiger partial charge in [-0.3, -0.25) is 4.55 Å². The van der Waals surface area contributed by atoms with Gasteiger partial charge in [0.25, 0.3) is 10.1 Å². The van der Waals surface area contributed by atoms with Crippen molar-refractivity contribution in [3.8, 4) is 0 Å². The first-order valence-electron chi connectivity index (χ1n) is 5.04. The van der Waals surface area contributed by atoms with Gasteiger partial charge < -0.3 is 0 Å². The average molecular weight is 228 g/mol. The third-order valence-electron chi connectivity index (χ3n) is 2.19. The van der Waals surface area contributed by atoms with Gasteiger partial charge in [-0.05, 0) is 24.0 Å². The normalized spacial score (nSPS) is 11.6. The van der Waals surface area contributed by atoms with Crippen molar-refractivity contribution in [2.24, 2.45) is 0 Å². The second kappa shape index (κ2) is 5.28. The third kappa shape index (κ3) is 4.95. The Balaban J connectivity index is 2.64. The lowest BCUT2D eigenvalue weighted by atomic mass is 10.1. The molecule has 0 fully saturated rings. The Morgan fingerprint density at radius 2 is 1.67 bits per heavy atom. The van der Waals surface area contributed by atoms with Crippen molar-refractivity contribution in [2.45, 2.75) is 31.9 Å². The highest BCUT2D eigenvalue weighted by Gasteiger charge is 2.05. The lowest BCUT2D eigenvalue weighted by molar-refractivity contribution is 0.482. The van der Waals surface area contributed by atoms with E-state index < -0.39 is 10.1 Å². The minimum Gasteiger partial charge on any atom is -0.285 e. The molecule has 1 aromatic rings. The van der Waals surface area contributed by atoms with E-state index in [4.69, 9.17) is 4.55 Å². The molecule has 0 heterocycles. The molecule has 84 valence electrons. The molecule has 0 aliphatic heterocycles. The lowest BCUT2D eigenvalue weighted by Crippen LogP contribution is -2.01. The van der Waals surface area contributed by atoms with Crippen LogP contribution < -0.4 is 0 Å². The van der Waals surface area contributed by atoms with Crippen LogP contribution in [0.3, 0.4) is 0 Å². The molecule has 0 aliphatic rings. The summed E-state index contributed by atoms with van der Waals surface area (Å²) in [5, 5.41) is 0. The Bertz CT molecular complexity index is 392. The number of unbranched alkanes of at least 4 members (excludes halogenated alkanes) is 1. The number of aryl methyl sites for hydroxylation is 1. The Kier molecular flexibility index (Phi) is 4.29. The van der Waals surface area contributed by atoms with Gasteiger partial charge in [-0.25, -0.2) is 0 Å². The van der Waals surface area contributed by atoms with E-state index in [9.17, 15) is 8.42 Å². The van der Waals surface area contributed by atoms with E-state index in [0.717, 1.165) is 19.3 Å². The third-order valence-corrected chi connectivity index (χ3v) is 2.89. The van der Waals surface area contributed by atoms with Crippen molar-refractivity contribution < 1.29 is 13.0 Å². The summed E-state index contributed by atoms with van der Waals surface area (Å²) in [6.45, 7) is 2.13. The van der Waals surface area contributed by atoms with Crippen molar-refractivity contribution in [1.82, 2.24) is 0 Å². The van der Waals surface area contributed by atoms with E-state index in [0.29, 0.717) is 5.56 Å². The second-order valence-corrected chi connectivity index (χ2v) is 5.10. The van der Waals surface area contributed by atoms with Gasteiger partial charge >= 0.3 is 0 Å². The molecule has 0 aliphatic carbocycles. The Labute approximate surface area is 90.9 Å². The smallest absolute Gasteiger partial charge is 0.269 e. The van der Waals surface area contributed by atoms with Gasteiger partial charge in [0, 0.05) is 0 Å². The van der Waals surface area contributed by atoms with Crippen LogP contribution in [0.5, 0.6) is 0 Å². The van der Waals surface area contributed by atoms with E-state index in [1.54, 1.807) is 12.1 Å². The summed E-state index contributed by atoms with van der Waals surface area (Å²) in [7, 11) is -3.91. The van der Waals surface area contributed by atoms with E-state index >= 15 is 0 Å². The van der Waals surface area contributed by atoms with Crippen LogP contribution in [0, 0.1) is 0 Å². The number of rotatable bonds is 5. The summed E-state index contributed by atoms with van der Waals surface area (Å²) < 4.78 is 29.9. The zero-order valence-corrected chi connectivity index (χ0v) is 9.63. The molecule has 0 aromatic heterocycles. The van der Waals surface area contributed by atoms with Crippen LogP contribution in [0.1, 0.15) is 30.9 Å². The fourth-order valence-electron chi connectivity index (χ4n) is 1.39. The van der Waals surface area contributed by atoms with Gasteiger partial charge in [0.15, 0.2) is 0 Å². The van der Waals surface area contributed by atoms with Crippen LogP contribution in [0.15, 0.2) is 24.3 Å². The predicted molar refractivity (Wildman–Crippen MR) is 60.3 cm³/mol. The maximum absolute atomic E-state index is 10.6. The zero-order valence-electron chi connectivity index (χ0n) is 8.81. The largest absolute Gasteiger partial charge is 0.285 e. The highest BCUT2D eigenvalue weighted by Crippen LogP contribution is 2.09. The first kappa shape index (κ1) is 12.2. The number of benzene rings is 1. The van der Waals surface area contributed by atoms with Gasteiger partial charge in [-0.1, -0.05) is 37.6 Å². The van der Waals surface area contributed by atoms with Crippen molar-refractivity contribution in [3.05, 3.63) is 35.4 Å². The molecule has 3 nitrogen and oxygen atoms in total. The molecule has 0 unspecified atom stereocenters. The highest BCUT2D eigenvalue weighted by molar-refractivity contribution is 7.85. The van der Waals surface area contributed by atoms with Crippen molar-refractivity contribution in [3.63, 3.8) is 0 Å². The fourth-order valence-corrected chi connectivity index (χ4v) is 2.01. The van der Waals surface area contributed by atoms with Crippen molar-refractivity contribution in [1.29, 1.82) is 0 Å². The first-order valence-corrected chi connectivity index (χ1v) is 6.65.